The van der Waals surface area contributed by atoms with Crippen LogP contribution in [0.2, 0.25) is 0 Å². The minimum absolute atomic E-state index is 0. The summed E-state index contributed by atoms with van der Waals surface area (Å²) < 4.78 is 5.83. The molecule has 5 nitrogen and oxygen atoms in total. The SMILES string of the molecule is Cl.O=C(CN1CCCNCC1)NCC1Cc2ccccc2O1. The number of fused-ring (bicyclic) bond motifs is 1. The monoisotopic (exact) mass is 325 g/mol. The van der Waals surface area contributed by atoms with Gasteiger partial charge in [-0.05, 0) is 31.1 Å². The molecule has 0 aliphatic carbocycles. The van der Waals surface area contributed by atoms with E-state index in [1.54, 1.807) is 0 Å². The Kier molecular flexibility index (Phi) is 6.49. The predicted molar refractivity (Wildman–Crippen MR) is 88.7 cm³/mol. The van der Waals surface area contributed by atoms with Crippen LogP contribution >= 0.6 is 12.4 Å². The highest BCUT2D eigenvalue weighted by Gasteiger charge is 2.23. The van der Waals surface area contributed by atoms with Crippen LogP contribution in [0.5, 0.6) is 5.75 Å². The highest BCUT2D eigenvalue weighted by Crippen LogP contribution is 2.27. The van der Waals surface area contributed by atoms with Gasteiger partial charge < -0.3 is 15.4 Å². The van der Waals surface area contributed by atoms with Crippen LogP contribution in [0, 0.1) is 0 Å². The van der Waals surface area contributed by atoms with Gasteiger partial charge >= 0.3 is 0 Å². The van der Waals surface area contributed by atoms with Crippen LogP contribution < -0.4 is 15.4 Å². The van der Waals surface area contributed by atoms with Crippen LogP contribution in [0.25, 0.3) is 0 Å². The van der Waals surface area contributed by atoms with E-state index >= 15 is 0 Å². The minimum Gasteiger partial charge on any atom is -0.488 e. The highest BCUT2D eigenvalue weighted by molar-refractivity contribution is 5.85. The maximum Gasteiger partial charge on any atom is 0.234 e. The Morgan fingerprint density at radius 1 is 1.32 bits per heavy atom. The highest BCUT2D eigenvalue weighted by atomic mass is 35.5. The second-order valence-corrected chi connectivity index (χ2v) is 5.74. The molecule has 0 radical (unpaired) electrons. The lowest BCUT2D eigenvalue weighted by Gasteiger charge is -2.19. The van der Waals surface area contributed by atoms with Crippen molar-refractivity contribution in [2.45, 2.75) is 18.9 Å². The first-order valence-electron chi connectivity index (χ1n) is 7.75. The Labute approximate surface area is 137 Å². The Hall–Kier alpha value is -1.30. The zero-order valence-electron chi connectivity index (χ0n) is 12.7. The molecule has 122 valence electrons. The maximum absolute atomic E-state index is 12.0. The first kappa shape index (κ1) is 17.1. The van der Waals surface area contributed by atoms with Crippen molar-refractivity contribution in [3.05, 3.63) is 29.8 Å². The van der Waals surface area contributed by atoms with Crippen molar-refractivity contribution in [3.8, 4) is 5.75 Å². The summed E-state index contributed by atoms with van der Waals surface area (Å²) in [6.45, 7) is 5.02. The second kappa shape index (κ2) is 8.36. The standard InChI is InChI=1S/C16H23N3O2.ClH/c20-16(12-19-8-3-6-17-7-9-19)18-11-14-10-13-4-1-2-5-15(13)21-14;/h1-2,4-5,14,17H,3,6-12H2,(H,18,20);1H. The quantitative estimate of drug-likeness (QED) is 0.861. The summed E-state index contributed by atoms with van der Waals surface area (Å²) in [6, 6.07) is 8.08. The van der Waals surface area contributed by atoms with Crippen molar-refractivity contribution in [1.82, 2.24) is 15.5 Å². The van der Waals surface area contributed by atoms with Gasteiger partial charge in [0.2, 0.25) is 5.91 Å². The summed E-state index contributed by atoms with van der Waals surface area (Å²) in [5.41, 5.74) is 1.23. The van der Waals surface area contributed by atoms with E-state index in [4.69, 9.17) is 4.74 Å². The van der Waals surface area contributed by atoms with Crippen LogP contribution in [0.15, 0.2) is 24.3 Å². The first-order valence-corrected chi connectivity index (χ1v) is 7.75. The average molecular weight is 326 g/mol. The van der Waals surface area contributed by atoms with Crippen molar-refractivity contribution < 1.29 is 9.53 Å². The predicted octanol–water partition coefficient (Wildman–Crippen LogP) is 0.823. The molecule has 0 aromatic heterocycles. The van der Waals surface area contributed by atoms with Gasteiger partial charge in [-0.3, -0.25) is 9.69 Å². The number of hydrogen-bond acceptors (Lipinski definition) is 4. The van der Waals surface area contributed by atoms with Gasteiger partial charge in [0.1, 0.15) is 11.9 Å². The fraction of sp³-hybridized carbons (Fsp3) is 0.562. The number of carbonyl (C=O) groups is 1. The Balaban J connectivity index is 0.00000176. The number of nitrogens with zero attached hydrogens (tertiary/aromatic N) is 1. The smallest absolute Gasteiger partial charge is 0.234 e. The molecule has 6 heteroatoms. The Bertz CT molecular complexity index is 465. The van der Waals surface area contributed by atoms with E-state index in [1.165, 1.54) is 5.56 Å². The average Bonchev–Trinajstić information content (AvgIpc) is 2.74. The summed E-state index contributed by atoms with van der Waals surface area (Å²) >= 11 is 0. The lowest BCUT2D eigenvalue weighted by Crippen LogP contribution is -2.42. The minimum atomic E-state index is 0. The molecule has 1 amide bonds. The van der Waals surface area contributed by atoms with E-state index in [0.717, 1.165) is 44.8 Å². The van der Waals surface area contributed by atoms with Crippen LogP contribution in [0.4, 0.5) is 0 Å². The molecular weight excluding hydrogens is 302 g/mol. The number of ether oxygens (including phenoxy) is 1. The second-order valence-electron chi connectivity index (χ2n) is 5.74. The van der Waals surface area contributed by atoms with E-state index in [1.807, 2.05) is 18.2 Å². The van der Waals surface area contributed by atoms with Crippen molar-refractivity contribution in [2.75, 3.05) is 39.3 Å². The third-order valence-electron chi connectivity index (χ3n) is 4.04. The summed E-state index contributed by atoms with van der Waals surface area (Å²) in [5, 5.41) is 6.35. The summed E-state index contributed by atoms with van der Waals surface area (Å²) in [7, 11) is 0. The zero-order valence-corrected chi connectivity index (χ0v) is 13.5. The van der Waals surface area contributed by atoms with E-state index in [9.17, 15) is 4.79 Å². The number of halogens is 1. The molecule has 1 fully saturated rings. The van der Waals surface area contributed by atoms with Crippen molar-refractivity contribution in [1.29, 1.82) is 0 Å². The molecule has 2 heterocycles. The number of para-hydroxylation sites is 1. The lowest BCUT2D eigenvalue weighted by atomic mass is 10.1. The normalized spacial score (nSPS) is 21.2. The maximum atomic E-state index is 12.0. The lowest BCUT2D eigenvalue weighted by molar-refractivity contribution is -0.122. The molecule has 0 saturated carbocycles. The van der Waals surface area contributed by atoms with E-state index in [-0.39, 0.29) is 24.4 Å². The summed E-state index contributed by atoms with van der Waals surface area (Å²) in [4.78, 5) is 14.2. The van der Waals surface area contributed by atoms with Gasteiger partial charge in [0, 0.05) is 19.5 Å². The molecule has 1 aromatic carbocycles. The van der Waals surface area contributed by atoms with Crippen LogP contribution in [-0.4, -0.2) is 56.2 Å². The molecule has 1 unspecified atom stereocenters. The van der Waals surface area contributed by atoms with E-state index < -0.39 is 0 Å². The largest absolute Gasteiger partial charge is 0.488 e. The van der Waals surface area contributed by atoms with Gasteiger partial charge in [0.25, 0.3) is 0 Å². The number of nitrogens with one attached hydrogen (secondary N) is 2. The molecule has 0 bridgehead atoms. The van der Waals surface area contributed by atoms with Crippen LogP contribution in [-0.2, 0) is 11.2 Å². The van der Waals surface area contributed by atoms with Crippen LogP contribution in [0.1, 0.15) is 12.0 Å². The third kappa shape index (κ3) is 4.60. The van der Waals surface area contributed by atoms with Crippen molar-refractivity contribution in [3.63, 3.8) is 0 Å². The molecule has 2 N–H and O–H groups in total. The van der Waals surface area contributed by atoms with E-state index in [0.29, 0.717) is 13.1 Å². The van der Waals surface area contributed by atoms with Gasteiger partial charge in [-0.25, -0.2) is 0 Å². The topological polar surface area (TPSA) is 53.6 Å². The number of amides is 1. The molecular formula is C16H24ClN3O2. The fourth-order valence-corrected chi connectivity index (χ4v) is 2.91. The van der Waals surface area contributed by atoms with Gasteiger partial charge in [-0.1, -0.05) is 18.2 Å². The van der Waals surface area contributed by atoms with Gasteiger partial charge in [-0.2, -0.15) is 0 Å². The molecule has 1 aromatic rings. The molecule has 1 atom stereocenters. The number of carbonyl (C=O) groups excluding carboxylic acids is 1. The summed E-state index contributed by atoms with van der Waals surface area (Å²) in [6.07, 6.45) is 2.05. The fourth-order valence-electron chi connectivity index (χ4n) is 2.91. The van der Waals surface area contributed by atoms with Gasteiger partial charge in [0.15, 0.2) is 0 Å². The number of rotatable bonds is 4. The Morgan fingerprint density at radius 2 is 2.18 bits per heavy atom. The number of hydrogen-bond donors (Lipinski definition) is 2. The molecule has 1 saturated heterocycles. The molecule has 2 aliphatic rings. The molecule has 22 heavy (non-hydrogen) atoms. The van der Waals surface area contributed by atoms with Gasteiger partial charge in [-0.15, -0.1) is 12.4 Å². The van der Waals surface area contributed by atoms with Gasteiger partial charge in [0.05, 0.1) is 13.1 Å². The molecule has 0 spiro atoms. The van der Waals surface area contributed by atoms with Crippen molar-refractivity contribution in [2.24, 2.45) is 0 Å². The number of benzene rings is 1. The zero-order chi connectivity index (χ0) is 14.5. The first-order chi connectivity index (χ1) is 10.3. The third-order valence-corrected chi connectivity index (χ3v) is 4.04. The molecule has 2 aliphatic heterocycles. The Morgan fingerprint density at radius 3 is 3.05 bits per heavy atom. The van der Waals surface area contributed by atoms with Crippen molar-refractivity contribution >= 4 is 18.3 Å². The van der Waals surface area contributed by atoms with E-state index in [2.05, 4.69) is 21.6 Å². The summed E-state index contributed by atoms with van der Waals surface area (Å²) in [5.74, 6) is 1.05. The van der Waals surface area contributed by atoms with Crippen LogP contribution in [0.3, 0.4) is 0 Å². The molecule has 3 rings (SSSR count).